The SMILES string of the molecule is C=CCn1c(C)cc(C(=O)COC(=O)c2cc3ccc(F)cc3nc2C)c1C. The number of carbonyl (C=O) groups excluding carboxylic acids is 2. The van der Waals surface area contributed by atoms with Crippen LogP contribution >= 0.6 is 0 Å². The second kappa shape index (κ2) is 7.76. The highest BCUT2D eigenvalue weighted by Crippen LogP contribution is 2.19. The van der Waals surface area contributed by atoms with Crippen molar-refractivity contribution in [2.45, 2.75) is 27.3 Å². The number of fused-ring (bicyclic) bond motifs is 1. The van der Waals surface area contributed by atoms with Gasteiger partial charge in [0.2, 0.25) is 5.78 Å². The summed E-state index contributed by atoms with van der Waals surface area (Å²) in [4.78, 5) is 29.3. The van der Waals surface area contributed by atoms with Crippen LogP contribution in [0.5, 0.6) is 0 Å². The molecule has 2 aromatic heterocycles. The van der Waals surface area contributed by atoms with Gasteiger partial charge in [-0.3, -0.25) is 9.78 Å². The number of esters is 1. The van der Waals surface area contributed by atoms with E-state index in [1.807, 2.05) is 18.4 Å². The highest BCUT2D eigenvalue weighted by atomic mass is 19.1. The fraction of sp³-hybridized carbons (Fsp3) is 0.227. The van der Waals surface area contributed by atoms with Crippen molar-refractivity contribution in [2.24, 2.45) is 0 Å². The van der Waals surface area contributed by atoms with Crippen molar-refractivity contribution in [1.29, 1.82) is 0 Å². The van der Waals surface area contributed by atoms with Crippen molar-refractivity contribution in [3.63, 3.8) is 0 Å². The molecule has 3 rings (SSSR count). The fourth-order valence-corrected chi connectivity index (χ4v) is 3.22. The highest BCUT2D eigenvalue weighted by Gasteiger charge is 2.19. The predicted molar refractivity (Wildman–Crippen MR) is 105 cm³/mol. The van der Waals surface area contributed by atoms with E-state index >= 15 is 0 Å². The molecule has 0 atom stereocenters. The zero-order chi connectivity index (χ0) is 20.4. The third-order valence-corrected chi connectivity index (χ3v) is 4.71. The van der Waals surface area contributed by atoms with Crippen LogP contribution in [0.1, 0.15) is 37.8 Å². The quantitative estimate of drug-likeness (QED) is 0.363. The largest absolute Gasteiger partial charge is 0.454 e. The second-order valence-corrected chi connectivity index (χ2v) is 6.64. The minimum Gasteiger partial charge on any atom is -0.454 e. The van der Waals surface area contributed by atoms with Gasteiger partial charge in [0.1, 0.15) is 5.82 Å². The smallest absolute Gasteiger partial charge is 0.340 e. The van der Waals surface area contributed by atoms with E-state index in [4.69, 9.17) is 4.74 Å². The summed E-state index contributed by atoms with van der Waals surface area (Å²) in [6.45, 7) is 9.36. The molecule has 0 saturated heterocycles. The van der Waals surface area contributed by atoms with Gasteiger partial charge in [-0.25, -0.2) is 9.18 Å². The zero-order valence-corrected chi connectivity index (χ0v) is 16.1. The molecule has 144 valence electrons. The molecule has 2 heterocycles. The Kier molecular flexibility index (Phi) is 5.40. The number of benzene rings is 1. The Hall–Kier alpha value is -3.28. The Morgan fingerprint density at radius 3 is 2.64 bits per heavy atom. The van der Waals surface area contributed by atoms with Gasteiger partial charge in [0.05, 0.1) is 16.8 Å². The van der Waals surface area contributed by atoms with Crippen LogP contribution in [0.15, 0.2) is 43.0 Å². The molecular formula is C22H21FN2O3. The van der Waals surface area contributed by atoms with Crippen LogP contribution in [0.25, 0.3) is 10.9 Å². The topological polar surface area (TPSA) is 61.2 Å². The van der Waals surface area contributed by atoms with Gasteiger partial charge in [-0.05, 0) is 45.0 Å². The molecule has 0 unspecified atom stereocenters. The number of nitrogens with zero attached hydrogens (tertiary/aromatic N) is 2. The molecule has 3 aromatic rings. The molecule has 6 heteroatoms. The van der Waals surface area contributed by atoms with Crippen molar-refractivity contribution in [3.05, 3.63) is 77.0 Å². The molecule has 0 aliphatic rings. The van der Waals surface area contributed by atoms with Crippen molar-refractivity contribution < 1.29 is 18.7 Å². The number of halogens is 1. The first-order chi connectivity index (χ1) is 13.3. The standard InChI is InChI=1S/C22H21FN2O3/c1-5-8-25-13(2)9-19(15(25)4)21(26)12-28-22(27)18-10-16-6-7-17(23)11-20(16)24-14(18)3/h5-7,9-11H,1,8,12H2,2-4H3. The van der Waals surface area contributed by atoms with E-state index in [1.54, 1.807) is 31.2 Å². The van der Waals surface area contributed by atoms with Crippen LogP contribution in [-0.2, 0) is 11.3 Å². The average Bonchev–Trinajstić information content (AvgIpc) is 2.94. The van der Waals surface area contributed by atoms with Gasteiger partial charge in [-0.15, -0.1) is 6.58 Å². The molecule has 28 heavy (non-hydrogen) atoms. The third kappa shape index (κ3) is 3.71. The minimum absolute atomic E-state index is 0.254. The number of Topliss-reactive ketones (excluding diaryl/α,β-unsaturated/α-hetero) is 1. The van der Waals surface area contributed by atoms with E-state index in [2.05, 4.69) is 11.6 Å². The predicted octanol–water partition coefficient (Wildman–Crippen LogP) is 4.33. The summed E-state index contributed by atoms with van der Waals surface area (Å²) in [7, 11) is 0. The van der Waals surface area contributed by atoms with Crippen molar-refractivity contribution in [3.8, 4) is 0 Å². The third-order valence-electron chi connectivity index (χ3n) is 4.71. The second-order valence-electron chi connectivity index (χ2n) is 6.64. The number of hydrogen-bond donors (Lipinski definition) is 0. The first kappa shape index (κ1) is 19.5. The number of ketones is 1. The maximum absolute atomic E-state index is 13.3. The normalized spacial score (nSPS) is 10.9. The van der Waals surface area contributed by atoms with Gasteiger partial charge in [0.25, 0.3) is 0 Å². The molecule has 1 aromatic carbocycles. The van der Waals surface area contributed by atoms with E-state index in [0.29, 0.717) is 28.7 Å². The molecule has 0 aliphatic carbocycles. The number of pyridine rings is 1. The van der Waals surface area contributed by atoms with E-state index in [0.717, 1.165) is 11.4 Å². The lowest BCUT2D eigenvalue weighted by atomic mass is 10.1. The van der Waals surface area contributed by atoms with Gasteiger partial charge in [0.15, 0.2) is 6.61 Å². The zero-order valence-electron chi connectivity index (χ0n) is 16.1. The molecule has 0 N–H and O–H groups in total. The summed E-state index contributed by atoms with van der Waals surface area (Å²) in [5.74, 6) is -1.30. The highest BCUT2D eigenvalue weighted by molar-refractivity contribution is 6.01. The molecule has 0 radical (unpaired) electrons. The maximum Gasteiger partial charge on any atom is 0.340 e. The Bertz CT molecular complexity index is 1100. The summed E-state index contributed by atoms with van der Waals surface area (Å²) in [6.07, 6.45) is 1.76. The summed E-state index contributed by atoms with van der Waals surface area (Å²) >= 11 is 0. The van der Waals surface area contributed by atoms with Crippen LogP contribution in [0, 0.1) is 26.6 Å². The number of rotatable bonds is 6. The summed E-state index contributed by atoms with van der Waals surface area (Å²) in [6, 6.07) is 7.54. The van der Waals surface area contributed by atoms with Crippen LogP contribution in [0.4, 0.5) is 4.39 Å². The lowest BCUT2D eigenvalue weighted by Crippen LogP contribution is -2.16. The van der Waals surface area contributed by atoms with Crippen LogP contribution < -0.4 is 0 Å². The monoisotopic (exact) mass is 380 g/mol. The van der Waals surface area contributed by atoms with E-state index in [1.165, 1.54) is 12.1 Å². The number of carbonyl (C=O) groups is 2. The summed E-state index contributed by atoms with van der Waals surface area (Å²) < 4.78 is 20.5. The molecule has 0 fully saturated rings. The molecule has 0 bridgehead atoms. The van der Waals surface area contributed by atoms with Crippen LogP contribution in [0.3, 0.4) is 0 Å². The molecular weight excluding hydrogens is 359 g/mol. The Balaban J connectivity index is 1.77. The van der Waals surface area contributed by atoms with Gasteiger partial charge in [0, 0.05) is 34.9 Å². The Morgan fingerprint density at radius 1 is 1.18 bits per heavy atom. The average molecular weight is 380 g/mol. The van der Waals surface area contributed by atoms with Crippen molar-refractivity contribution >= 4 is 22.7 Å². The first-order valence-corrected chi connectivity index (χ1v) is 8.86. The van der Waals surface area contributed by atoms with E-state index < -0.39 is 11.8 Å². The maximum atomic E-state index is 13.3. The number of aromatic nitrogens is 2. The fourth-order valence-electron chi connectivity index (χ4n) is 3.22. The Labute approximate surface area is 162 Å². The number of allylic oxidation sites excluding steroid dienone is 1. The van der Waals surface area contributed by atoms with Gasteiger partial charge in [-0.1, -0.05) is 6.08 Å². The van der Waals surface area contributed by atoms with E-state index in [-0.39, 0.29) is 18.0 Å². The van der Waals surface area contributed by atoms with Gasteiger partial charge < -0.3 is 9.30 Å². The minimum atomic E-state index is -0.635. The molecule has 0 saturated carbocycles. The van der Waals surface area contributed by atoms with Gasteiger partial charge in [-0.2, -0.15) is 0 Å². The molecule has 5 nitrogen and oxygen atoms in total. The number of aryl methyl sites for hydroxylation is 2. The summed E-state index contributed by atoms with van der Waals surface area (Å²) in [5.41, 5.74) is 3.40. The Morgan fingerprint density at radius 2 is 1.93 bits per heavy atom. The lowest BCUT2D eigenvalue weighted by molar-refractivity contribution is 0.0473. The van der Waals surface area contributed by atoms with Crippen molar-refractivity contribution in [1.82, 2.24) is 9.55 Å². The number of ether oxygens (including phenoxy) is 1. The van der Waals surface area contributed by atoms with Crippen LogP contribution in [-0.4, -0.2) is 27.9 Å². The summed E-state index contributed by atoms with van der Waals surface area (Å²) in [5, 5.41) is 0.623. The number of hydrogen-bond acceptors (Lipinski definition) is 4. The van der Waals surface area contributed by atoms with Crippen LogP contribution in [0.2, 0.25) is 0 Å². The van der Waals surface area contributed by atoms with Gasteiger partial charge >= 0.3 is 5.97 Å². The lowest BCUT2D eigenvalue weighted by Gasteiger charge is -2.09. The molecule has 0 aliphatic heterocycles. The van der Waals surface area contributed by atoms with Crippen molar-refractivity contribution in [2.75, 3.05) is 6.61 Å². The molecule has 0 spiro atoms. The van der Waals surface area contributed by atoms with E-state index in [9.17, 15) is 14.0 Å². The molecule has 0 amide bonds. The first-order valence-electron chi connectivity index (χ1n) is 8.86.